The fraction of sp³-hybridized carbons (Fsp3) is 0.909. The number of amides is 1. The normalized spacial score (nSPS) is 16.7. The highest BCUT2D eigenvalue weighted by atomic mass is 16.5. The van der Waals surface area contributed by atoms with E-state index in [0.29, 0.717) is 26.2 Å². The first-order valence-electron chi connectivity index (χ1n) is 5.78. The van der Waals surface area contributed by atoms with Gasteiger partial charge in [-0.1, -0.05) is 13.3 Å². The summed E-state index contributed by atoms with van der Waals surface area (Å²) >= 11 is 0. The Morgan fingerprint density at radius 2 is 2.07 bits per heavy atom. The molecule has 0 N–H and O–H groups in total. The molecule has 0 aromatic heterocycles. The van der Waals surface area contributed by atoms with Crippen LogP contribution in [-0.4, -0.2) is 50.3 Å². The molecule has 0 aliphatic carbocycles. The molecule has 1 saturated heterocycles. The summed E-state index contributed by atoms with van der Waals surface area (Å²) in [5.74, 6) is 0.190. The standard InChI is InChI=1S/C11H21NO3/c1-2-3-7-14-8-4-11(13)12-5-9-15-10-6-12/h2-10H2,1H3. The third-order valence-corrected chi connectivity index (χ3v) is 2.47. The topological polar surface area (TPSA) is 38.8 Å². The molecule has 0 atom stereocenters. The van der Waals surface area contributed by atoms with Crippen molar-refractivity contribution in [3.05, 3.63) is 0 Å². The molecule has 1 aliphatic rings. The lowest BCUT2D eigenvalue weighted by molar-refractivity contribution is -0.136. The van der Waals surface area contributed by atoms with E-state index in [0.717, 1.165) is 32.5 Å². The molecule has 0 radical (unpaired) electrons. The van der Waals surface area contributed by atoms with Crippen molar-refractivity contribution in [1.82, 2.24) is 4.90 Å². The summed E-state index contributed by atoms with van der Waals surface area (Å²) in [4.78, 5) is 13.5. The Hall–Kier alpha value is -0.610. The minimum absolute atomic E-state index is 0.190. The summed E-state index contributed by atoms with van der Waals surface area (Å²) in [6, 6.07) is 0. The van der Waals surface area contributed by atoms with E-state index in [2.05, 4.69) is 6.92 Å². The van der Waals surface area contributed by atoms with E-state index in [1.807, 2.05) is 4.90 Å². The molecule has 1 rings (SSSR count). The Kier molecular flexibility index (Phi) is 6.36. The zero-order chi connectivity index (χ0) is 10.9. The molecular weight excluding hydrogens is 194 g/mol. The zero-order valence-electron chi connectivity index (χ0n) is 9.54. The predicted octanol–water partition coefficient (Wildman–Crippen LogP) is 1.05. The van der Waals surface area contributed by atoms with Gasteiger partial charge in [0.2, 0.25) is 5.91 Å². The number of morpholine rings is 1. The molecule has 0 aromatic carbocycles. The summed E-state index contributed by atoms with van der Waals surface area (Å²) < 4.78 is 10.5. The Morgan fingerprint density at radius 1 is 1.33 bits per heavy atom. The van der Waals surface area contributed by atoms with E-state index in [1.54, 1.807) is 0 Å². The highest BCUT2D eigenvalue weighted by Crippen LogP contribution is 2.00. The molecule has 1 amide bonds. The van der Waals surface area contributed by atoms with Crippen molar-refractivity contribution < 1.29 is 14.3 Å². The van der Waals surface area contributed by atoms with Crippen molar-refractivity contribution in [3.63, 3.8) is 0 Å². The van der Waals surface area contributed by atoms with E-state index in [4.69, 9.17) is 9.47 Å². The lowest BCUT2D eigenvalue weighted by Crippen LogP contribution is -2.41. The van der Waals surface area contributed by atoms with Crippen LogP contribution in [0.25, 0.3) is 0 Å². The maximum atomic E-state index is 11.6. The van der Waals surface area contributed by atoms with Crippen LogP contribution in [0.1, 0.15) is 26.2 Å². The second-order valence-electron chi connectivity index (χ2n) is 3.71. The molecule has 1 fully saturated rings. The maximum Gasteiger partial charge on any atom is 0.225 e. The van der Waals surface area contributed by atoms with Crippen molar-refractivity contribution in [1.29, 1.82) is 0 Å². The Morgan fingerprint density at radius 3 is 2.73 bits per heavy atom. The molecule has 4 nitrogen and oxygen atoms in total. The molecule has 0 aromatic rings. The molecule has 0 saturated carbocycles. The number of nitrogens with zero attached hydrogens (tertiary/aromatic N) is 1. The minimum atomic E-state index is 0.190. The summed E-state index contributed by atoms with van der Waals surface area (Å²) in [6.07, 6.45) is 2.72. The monoisotopic (exact) mass is 215 g/mol. The molecule has 0 spiro atoms. The van der Waals surface area contributed by atoms with Crippen LogP contribution in [0.2, 0.25) is 0 Å². The number of carbonyl (C=O) groups excluding carboxylic acids is 1. The van der Waals surface area contributed by atoms with Crippen molar-refractivity contribution in [2.75, 3.05) is 39.5 Å². The number of hydrogen-bond acceptors (Lipinski definition) is 3. The summed E-state index contributed by atoms with van der Waals surface area (Å²) in [7, 11) is 0. The number of ether oxygens (including phenoxy) is 2. The quantitative estimate of drug-likeness (QED) is 0.622. The maximum absolute atomic E-state index is 11.6. The number of hydrogen-bond donors (Lipinski definition) is 0. The lowest BCUT2D eigenvalue weighted by atomic mass is 10.3. The summed E-state index contributed by atoms with van der Waals surface area (Å²) in [5, 5.41) is 0. The number of unbranched alkanes of at least 4 members (excludes halogenated alkanes) is 1. The van der Waals surface area contributed by atoms with Gasteiger partial charge in [0.1, 0.15) is 0 Å². The van der Waals surface area contributed by atoms with Crippen molar-refractivity contribution in [3.8, 4) is 0 Å². The van der Waals surface area contributed by atoms with Crippen LogP contribution >= 0.6 is 0 Å². The van der Waals surface area contributed by atoms with E-state index in [-0.39, 0.29) is 5.91 Å². The van der Waals surface area contributed by atoms with Crippen LogP contribution in [0, 0.1) is 0 Å². The highest BCUT2D eigenvalue weighted by Gasteiger charge is 2.15. The number of rotatable bonds is 6. The van der Waals surface area contributed by atoms with Crippen molar-refractivity contribution in [2.45, 2.75) is 26.2 Å². The molecule has 4 heteroatoms. The van der Waals surface area contributed by atoms with Gasteiger partial charge in [-0.2, -0.15) is 0 Å². The van der Waals surface area contributed by atoms with Crippen LogP contribution in [0.4, 0.5) is 0 Å². The van der Waals surface area contributed by atoms with Crippen LogP contribution < -0.4 is 0 Å². The van der Waals surface area contributed by atoms with E-state index >= 15 is 0 Å². The molecule has 0 unspecified atom stereocenters. The molecule has 0 bridgehead atoms. The van der Waals surface area contributed by atoms with Gasteiger partial charge in [-0.3, -0.25) is 4.79 Å². The van der Waals surface area contributed by atoms with Gasteiger partial charge >= 0.3 is 0 Å². The van der Waals surface area contributed by atoms with E-state index < -0.39 is 0 Å². The van der Waals surface area contributed by atoms with Gasteiger partial charge in [-0.05, 0) is 6.42 Å². The first-order valence-corrected chi connectivity index (χ1v) is 5.78. The lowest BCUT2D eigenvalue weighted by Gasteiger charge is -2.26. The van der Waals surface area contributed by atoms with Gasteiger partial charge in [0.25, 0.3) is 0 Å². The van der Waals surface area contributed by atoms with Crippen LogP contribution in [0.3, 0.4) is 0 Å². The van der Waals surface area contributed by atoms with Crippen molar-refractivity contribution in [2.24, 2.45) is 0 Å². The average molecular weight is 215 g/mol. The third kappa shape index (κ3) is 5.14. The largest absolute Gasteiger partial charge is 0.381 e. The highest BCUT2D eigenvalue weighted by molar-refractivity contribution is 5.76. The second-order valence-corrected chi connectivity index (χ2v) is 3.71. The predicted molar refractivity (Wildman–Crippen MR) is 57.7 cm³/mol. The fourth-order valence-corrected chi connectivity index (χ4v) is 1.48. The van der Waals surface area contributed by atoms with Crippen LogP contribution in [0.15, 0.2) is 0 Å². The zero-order valence-corrected chi connectivity index (χ0v) is 9.54. The fourth-order valence-electron chi connectivity index (χ4n) is 1.48. The first-order chi connectivity index (χ1) is 7.34. The average Bonchev–Trinajstić information content (AvgIpc) is 2.30. The van der Waals surface area contributed by atoms with Gasteiger partial charge in [-0.15, -0.1) is 0 Å². The molecule has 1 aliphatic heterocycles. The SMILES string of the molecule is CCCCOCCC(=O)N1CCOCC1. The van der Waals surface area contributed by atoms with E-state index in [9.17, 15) is 4.79 Å². The van der Waals surface area contributed by atoms with E-state index in [1.165, 1.54) is 0 Å². The number of carbonyl (C=O) groups is 1. The summed E-state index contributed by atoms with van der Waals surface area (Å²) in [6.45, 7) is 6.25. The Labute approximate surface area is 91.5 Å². The van der Waals surface area contributed by atoms with Gasteiger partial charge in [-0.25, -0.2) is 0 Å². The molecule has 1 heterocycles. The third-order valence-electron chi connectivity index (χ3n) is 2.47. The van der Waals surface area contributed by atoms with Crippen LogP contribution in [0.5, 0.6) is 0 Å². The van der Waals surface area contributed by atoms with Gasteiger partial charge in [0, 0.05) is 19.7 Å². The summed E-state index contributed by atoms with van der Waals surface area (Å²) in [5.41, 5.74) is 0. The smallest absolute Gasteiger partial charge is 0.225 e. The second kappa shape index (κ2) is 7.65. The van der Waals surface area contributed by atoms with Crippen molar-refractivity contribution >= 4 is 5.91 Å². The van der Waals surface area contributed by atoms with Gasteiger partial charge in [0.05, 0.1) is 26.2 Å². The molecule has 15 heavy (non-hydrogen) atoms. The minimum Gasteiger partial charge on any atom is -0.381 e. The van der Waals surface area contributed by atoms with Gasteiger partial charge in [0.15, 0.2) is 0 Å². The Balaban J connectivity index is 2.02. The first kappa shape index (κ1) is 12.5. The Bertz CT molecular complexity index is 179. The molecule has 88 valence electrons. The molecular formula is C11H21NO3. The van der Waals surface area contributed by atoms with Gasteiger partial charge < -0.3 is 14.4 Å². The van der Waals surface area contributed by atoms with Crippen LogP contribution in [-0.2, 0) is 14.3 Å².